The fourth-order valence-electron chi connectivity index (χ4n) is 2.40. The topological polar surface area (TPSA) is 82.1 Å². The van der Waals surface area contributed by atoms with Crippen molar-refractivity contribution in [3.63, 3.8) is 0 Å². The second-order valence-corrected chi connectivity index (χ2v) is 14.5. The number of benzene rings is 1. The predicted octanol–water partition coefficient (Wildman–Crippen LogP) is 3.95. The van der Waals surface area contributed by atoms with Gasteiger partial charge in [0.2, 0.25) is 6.10 Å². The molecule has 0 N–H and O–H groups in total. The highest BCUT2D eigenvalue weighted by molar-refractivity contribution is 6.74. The molecule has 0 fully saturated rings. The zero-order valence-electron chi connectivity index (χ0n) is 18.5. The SMILES string of the molecule is CC(C)(C)OC(=O)[C@@H](CO[Si](C)(C)C(C)(C)C)ON1C(=O)c2ccccc2C1=O. The van der Waals surface area contributed by atoms with Crippen molar-refractivity contribution in [1.29, 1.82) is 0 Å². The van der Waals surface area contributed by atoms with Crippen LogP contribution in [0.3, 0.4) is 0 Å². The molecule has 29 heavy (non-hydrogen) atoms. The van der Waals surface area contributed by atoms with Crippen molar-refractivity contribution >= 4 is 26.1 Å². The lowest BCUT2D eigenvalue weighted by Crippen LogP contribution is -2.47. The van der Waals surface area contributed by atoms with Crippen molar-refractivity contribution in [2.24, 2.45) is 0 Å². The number of hydrogen-bond donors (Lipinski definition) is 0. The van der Waals surface area contributed by atoms with E-state index in [0.29, 0.717) is 5.06 Å². The molecule has 0 aromatic heterocycles. The molecule has 0 saturated carbocycles. The van der Waals surface area contributed by atoms with E-state index >= 15 is 0 Å². The Kier molecular flexibility index (Phi) is 6.42. The fourth-order valence-corrected chi connectivity index (χ4v) is 3.40. The van der Waals surface area contributed by atoms with Crippen molar-refractivity contribution in [1.82, 2.24) is 5.06 Å². The summed E-state index contributed by atoms with van der Waals surface area (Å²) in [6.45, 7) is 15.4. The number of hydroxylamine groups is 2. The highest BCUT2D eigenvalue weighted by Gasteiger charge is 2.43. The summed E-state index contributed by atoms with van der Waals surface area (Å²) >= 11 is 0. The lowest BCUT2D eigenvalue weighted by Gasteiger charge is -2.37. The summed E-state index contributed by atoms with van der Waals surface area (Å²) in [5.74, 6) is -1.90. The zero-order chi connectivity index (χ0) is 22.2. The summed E-state index contributed by atoms with van der Waals surface area (Å²) in [5, 5.41) is 0.551. The third-order valence-electron chi connectivity index (χ3n) is 5.06. The molecule has 0 spiro atoms. The van der Waals surface area contributed by atoms with Crippen LogP contribution in [-0.4, -0.2) is 49.5 Å². The van der Waals surface area contributed by atoms with Crippen LogP contribution >= 0.6 is 0 Å². The largest absolute Gasteiger partial charge is 0.458 e. The van der Waals surface area contributed by atoms with Crippen LogP contribution in [0.25, 0.3) is 0 Å². The van der Waals surface area contributed by atoms with E-state index in [1.54, 1.807) is 45.0 Å². The first-order valence-corrected chi connectivity index (χ1v) is 12.6. The van der Waals surface area contributed by atoms with E-state index in [1.165, 1.54) is 0 Å². The van der Waals surface area contributed by atoms with E-state index in [1.807, 2.05) is 13.1 Å². The second kappa shape index (κ2) is 8.01. The van der Waals surface area contributed by atoms with Crippen LogP contribution in [0.5, 0.6) is 0 Å². The number of carbonyl (C=O) groups is 3. The molecule has 0 saturated heterocycles. The summed E-state index contributed by atoms with van der Waals surface area (Å²) in [5.41, 5.74) is -0.269. The lowest BCUT2D eigenvalue weighted by atomic mass is 10.1. The quantitative estimate of drug-likeness (QED) is 0.393. The van der Waals surface area contributed by atoms with Gasteiger partial charge in [-0.3, -0.25) is 9.59 Å². The molecular weight excluding hydrogens is 390 g/mol. The number of ether oxygens (including phenoxy) is 1. The van der Waals surface area contributed by atoms with Gasteiger partial charge in [-0.25, -0.2) is 9.63 Å². The van der Waals surface area contributed by atoms with Crippen molar-refractivity contribution in [2.75, 3.05) is 6.61 Å². The molecule has 1 aliphatic rings. The van der Waals surface area contributed by atoms with Crippen molar-refractivity contribution in [2.45, 2.75) is 71.4 Å². The average Bonchev–Trinajstić information content (AvgIpc) is 2.80. The van der Waals surface area contributed by atoms with Gasteiger partial charge in [-0.15, -0.1) is 5.06 Å². The lowest BCUT2D eigenvalue weighted by molar-refractivity contribution is -0.193. The van der Waals surface area contributed by atoms with Crippen molar-refractivity contribution < 1.29 is 28.4 Å². The van der Waals surface area contributed by atoms with Gasteiger partial charge in [0, 0.05) is 0 Å². The molecule has 1 aromatic carbocycles. The average molecular weight is 422 g/mol. The van der Waals surface area contributed by atoms with E-state index in [0.717, 1.165) is 0 Å². The number of esters is 1. The monoisotopic (exact) mass is 421 g/mol. The van der Waals surface area contributed by atoms with Crippen LogP contribution in [0.1, 0.15) is 62.3 Å². The number of nitrogens with zero attached hydrogens (tertiary/aromatic N) is 1. The van der Waals surface area contributed by atoms with Crippen LogP contribution in [0.15, 0.2) is 24.3 Å². The summed E-state index contributed by atoms with van der Waals surface area (Å²) in [6.07, 6.45) is -1.24. The predicted molar refractivity (Wildman–Crippen MR) is 111 cm³/mol. The van der Waals surface area contributed by atoms with E-state index in [4.69, 9.17) is 14.0 Å². The van der Waals surface area contributed by atoms with Gasteiger partial charge in [-0.2, -0.15) is 0 Å². The Balaban J connectivity index is 2.23. The normalized spacial score (nSPS) is 16.1. The first kappa shape index (κ1) is 23.2. The van der Waals surface area contributed by atoms with Crippen molar-refractivity contribution in [3.8, 4) is 0 Å². The molecule has 7 nitrogen and oxygen atoms in total. The summed E-state index contributed by atoms with van der Waals surface area (Å²) in [4.78, 5) is 43.5. The maximum atomic E-state index is 12.7. The minimum atomic E-state index is -2.20. The minimum absolute atomic E-state index is 0.0823. The van der Waals surface area contributed by atoms with Gasteiger partial charge < -0.3 is 9.16 Å². The molecule has 1 atom stereocenters. The highest BCUT2D eigenvalue weighted by atomic mass is 28.4. The van der Waals surface area contributed by atoms with E-state index < -0.39 is 37.8 Å². The summed E-state index contributed by atoms with van der Waals surface area (Å²) < 4.78 is 11.5. The molecule has 160 valence electrons. The Morgan fingerprint density at radius 3 is 1.90 bits per heavy atom. The van der Waals surface area contributed by atoms with Crippen molar-refractivity contribution in [3.05, 3.63) is 35.4 Å². The molecule has 1 aliphatic heterocycles. The Hall–Kier alpha value is -2.03. The second-order valence-electron chi connectivity index (χ2n) is 9.65. The first-order valence-electron chi connectivity index (χ1n) is 9.65. The van der Waals surface area contributed by atoms with Gasteiger partial charge in [0.25, 0.3) is 11.8 Å². The molecule has 2 rings (SSSR count). The van der Waals surface area contributed by atoms with Crippen LogP contribution < -0.4 is 0 Å². The van der Waals surface area contributed by atoms with E-state index in [2.05, 4.69) is 20.8 Å². The summed E-state index contributed by atoms with van der Waals surface area (Å²) in [7, 11) is -2.20. The van der Waals surface area contributed by atoms with Gasteiger partial charge in [-0.1, -0.05) is 32.9 Å². The third-order valence-corrected chi connectivity index (χ3v) is 9.56. The van der Waals surface area contributed by atoms with Gasteiger partial charge in [0.1, 0.15) is 5.60 Å². The number of amides is 2. The van der Waals surface area contributed by atoms with Crippen LogP contribution in [0.4, 0.5) is 0 Å². The molecule has 0 unspecified atom stereocenters. The minimum Gasteiger partial charge on any atom is -0.458 e. The first-order chi connectivity index (χ1) is 13.1. The van der Waals surface area contributed by atoms with Crippen LogP contribution in [0.2, 0.25) is 18.1 Å². The molecule has 0 radical (unpaired) electrons. The fraction of sp³-hybridized carbons (Fsp3) is 0.571. The number of rotatable bonds is 6. The zero-order valence-corrected chi connectivity index (χ0v) is 19.5. The van der Waals surface area contributed by atoms with Gasteiger partial charge in [-0.05, 0) is 51.0 Å². The Bertz CT molecular complexity index is 771. The Labute approximate surface area is 173 Å². The van der Waals surface area contributed by atoms with Gasteiger partial charge in [0.05, 0.1) is 17.7 Å². The number of carbonyl (C=O) groups excluding carboxylic acids is 3. The molecule has 1 aromatic rings. The Morgan fingerprint density at radius 1 is 1.00 bits per heavy atom. The smallest absolute Gasteiger partial charge is 0.340 e. The van der Waals surface area contributed by atoms with E-state index in [9.17, 15) is 14.4 Å². The standard InChI is InChI=1S/C21H31NO6Si/c1-20(2,3)27-19(25)16(13-26-29(7,8)21(4,5)6)28-22-17(23)14-11-9-10-12-15(14)18(22)24/h9-12,16H,13H2,1-8H3/t16-/m1/s1. The molecule has 2 amide bonds. The number of hydrogen-bond acceptors (Lipinski definition) is 6. The molecule has 8 heteroatoms. The molecular formula is C21H31NO6Si. The highest BCUT2D eigenvalue weighted by Crippen LogP contribution is 2.36. The van der Waals surface area contributed by atoms with Gasteiger partial charge >= 0.3 is 5.97 Å². The molecule has 1 heterocycles. The van der Waals surface area contributed by atoms with Gasteiger partial charge in [0.15, 0.2) is 8.32 Å². The van der Waals surface area contributed by atoms with Crippen LogP contribution in [0, 0.1) is 0 Å². The maximum absolute atomic E-state index is 12.7. The molecule has 0 bridgehead atoms. The Morgan fingerprint density at radius 2 is 1.48 bits per heavy atom. The third kappa shape index (κ3) is 5.32. The van der Waals surface area contributed by atoms with Crippen LogP contribution in [-0.2, 0) is 18.8 Å². The maximum Gasteiger partial charge on any atom is 0.340 e. The summed E-state index contributed by atoms with van der Waals surface area (Å²) in [6, 6.07) is 6.43. The van der Waals surface area contributed by atoms with E-state index in [-0.39, 0.29) is 22.8 Å². The number of imide groups is 1. The number of fused-ring (bicyclic) bond motifs is 1. The molecule has 0 aliphatic carbocycles.